The minimum Gasteiger partial charge on any atom is -0.380 e. The molecule has 2 rings (SSSR count). The fraction of sp³-hybridized carbons (Fsp3) is 0.538. The quantitative estimate of drug-likeness (QED) is 0.890. The summed E-state index contributed by atoms with van der Waals surface area (Å²) < 4.78 is 32.2. The van der Waals surface area contributed by atoms with Crippen molar-refractivity contribution in [3.8, 4) is 0 Å². The molecule has 1 saturated carbocycles. The molecule has 1 fully saturated rings. The maximum Gasteiger partial charge on any atom is 0.240 e. The number of nitrogens with one attached hydrogen (secondary N) is 1. The van der Waals surface area contributed by atoms with E-state index in [2.05, 4.69) is 4.72 Å². The van der Waals surface area contributed by atoms with Gasteiger partial charge in [0.1, 0.15) is 0 Å². The van der Waals surface area contributed by atoms with E-state index in [4.69, 9.17) is 4.74 Å². The van der Waals surface area contributed by atoms with E-state index in [0.717, 1.165) is 31.2 Å². The van der Waals surface area contributed by atoms with E-state index in [1.807, 2.05) is 6.07 Å². The van der Waals surface area contributed by atoms with Gasteiger partial charge in [-0.1, -0.05) is 25.0 Å². The summed E-state index contributed by atoms with van der Waals surface area (Å²) in [5, 5.41) is 0. The summed E-state index contributed by atoms with van der Waals surface area (Å²) in [6.07, 6.45) is 4.10. The van der Waals surface area contributed by atoms with E-state index in [0.29, 0.717) is 11.5 Å². The molecule has 0 spiro atoms. The van der Waals surface area contributed by atoms with Crippen molar-refractivity contribution in [3.63, 3.8) is 0 Å². The van der Waals surface area contributed by atoms with E-state index in [9.17, 15) is 8.42 Å². The maximum absolute atomic E-state index is 12.2. The lowest BCUT2D eigenvalue weighted by atomic mass is 10.2. The largest absolute Gasteiger partial charge is 0.380 e. The topological polar surface area (TPSA) is 55.4 Å². The van der Waals surface area contributed by atoms with E-state index < -0.39 is 10.0 Å². The van der Waals surface area contributed by atoms with E-state index >= 15 is 0 Å². The summed E-state index contributed by atoms with van der Waals surface area (Å²) in [6.45, 7) is 0.423. The van der Waals surface area contributed by atoms with Crippen molar-refractivity contribution in [2.24, 2.45) is 0 Å². The molecular weight excluding hydrogens is 250 g/mol. The Labute approximate surface area is 108 Å². The van der Waals surface area contributed by atoms with Crippen molar-refractivity contribution >= 4 is 10.0 Å². The maximum atomic E-state index is 12.2. The third-order valence-corrected chi connectivity index (χ3v) is 4.71. The van der Waals surface area contributed by atoms with Gasteiger partial charge in [-0.2, -0.15) is 0 Å². The van der Waals surface area contributed by atoms with Gasteiger partial charge in [-0.3, -0.25) is 0 Å². The zero-order valence-electron chi connectivity index (χ0n) is 10.6. The molecule has 100 valence electrons. The predicted molar refractivity (Wildman–Crippen MR) is 69.7 cm³/mol. The molecule has 1 aliphatic rings. The van der Waals surface area contributed by atoms with Gasteiger partial charge in [0.25, 0.3) is 0 Å². The lowest BCUT2D eigenvalue weighted by Crippen LogP contribution is -2.32. The molecule has 0 saturated heterocycles. The normalized spacial score (nSPS) is 17.2. The number of sulfonamides is 1. The minimum atomic E-state index is -3.39. The molecule has 0 aromatic heterocycles. The summed E-state index contributed by atoms with van der Waals surface area (Å²) in [5.41, 5.74) is 0.867. The third-order valence-electron chi connectivity index (χ3n) is 3.20. The first kappa shape index (κ1) is 13.5. The molecule has 5 heteroatoms. The molecule has 0 bridgehead atoms. The van der Waals surface area contributed by atoms with Gasteiger partial charge in [-0.25, -0.2) is 13.1 Å². The number of rotatable bonds is 5. The Kier molecular flexibility index (Phi) is 4.37. The number of methoxy groups -OCH3 is 1. The summed E-state index contributed by atoms with van der Waals surface area (Å²) in [5.74, 6) is 0. The van der Waals surface area contributed by atoms with Gasteiger partial charge in [0, 0.05) is 13.2 Å². The Balaban J connectivity index is 2.15. The number of hydrogen-bond acceptors (Lipinski definition) is 3. The molecule has 0 unspecified atom stereocenters. The molecule has 1 N–H and O–H groups in total. The smallest absolute Gasteiger partial charge is 0.240 e. The summed E-state index contributed by atoms with van der Waals surface area (Å²) in [6, 6.07) is 6.99. The van der Waals surface area contributed by atoms with Gasteiger partial charge in [0.2, 0.25) is 10.0 Å². The molecule has 4 nitrogen and oxygen atoms in total. The van der Waals surface area contributed by atoms with Crippen LogP contribution >= 0.6 is 0 Å². The summed E-state index contributed by atoms with van der Waals surface area (Å²) in [7, 11) is -1.79. The Morgan fingerprint density at radius 1 is 1.33 bits per heavy atom. The molecule has 1 aromatic carbocycles. The molecule has 0 heterocycles. The van der Waals surface area contributed by atoms with E-state index in [-0.39, 0.29) is 6.04 Å². The summed E-state index contributed by atoms with van der Waals surface area (Å²) in [4.78, 5) is 0.323. The second kappa shape index (κ2) is 5.82. The Morgan fingerprint density at radius 3 is 2.72 bits per heavy atom. The van der Waals surface area contributed by atoms with Gasteiger partial charge in [-0.05, 0) is 30.5 Å². The van der Waals surface area contributed by atoms with Gasteiger partial charge in [0.05, 0.1) is 11.5 Å². The van der Waals surface area contributed by atoms with Gasteiger partial charge < -0.3 is 4.74 Å². The zero-order chi connectivity index (χ0) is 13.0. The standard InChI is InChI=1S/C13H19NO3S/c1-17-10-11-5-4-8-13(9-11)18(15,16)14-12-6-2-3-7-12/h4-5,8-9,12,14H,2-3,6-7,10H2,1H3. The van der Waals surface area contributed by atoms with Crippen LogP contribution in [-0.4, -0.2) is 21.6 Å². The number of benzene rings is 1. The highest BCUT2D eigenvalue weighted by molar-refractivity contribution is 7.89. The average Bonchev–Trinajstić information content (AvgIpc) is 2.82. The van der Waals surface area contributed by atoms with Crippen LogP contribution in [0.15, 0.2) is 29.2 Å². The van der Waals surface area contributed by atoms with E-state index in [1.165, 1.54) is 0 Å². The second-order valence-corrected chi connectivity index (χ2v) is 6.40. The second-order valence-electron chi connectivity index (χ2n) is 4.68. The summed E-state index contributed by atoms with van der Waals surface area (Å²) >= 11 is 0. The Morgan fingerprint density at radius 2 is 2.06 bits per heavy atom. The van der Waals surface area contributed by atoms with Crippen molar-refractivity contribution in [2.45, 2.75) is 43.2 Å². The van der Waals surface area contributed by atoms with Crippen molar-refractivity contribution in [3.05, 3.63) is 29.8 Å². The van der Waals surface area contributed by atoms with Gasteiger partial charge >= 0.3 is 0 Å². The van der Waals surface area contributed by atoms with Crippen LogP contribution in [0.2, 0.25) is 0 Å². The lowest BCUT2D eigenvalue weighted by molar-refractivity contribution is 0.184. The van der Waals surface area contributed by atoms with Gasteiger partial charge in [0.15, 0.2) is 0 Å². The van der Waals surface area contributed by atoms with E-state index in [1.54, 1.807) is 25.3 Å². The van der Waals surface area contributed by atoms with Crippen LogP contribution in [0.3, 0.4) is 0 Å². The van der Waals surface area contributed by atoms with Crippen LogP contribution in [0.5, 0.6) is 0 Å². The molecule has 0 atom stereocenters. The van der Waals surface area contributed by atoms with Crippen molar-refractivity contribution in [2.75, 3.05) is 7.11 Å². The Hall–Kier alpha value is -0.910. The number of hydrogen-bond donors (Lipinski definition) is 1. The highest BCUT2D eigenvalue weighted by Gasteiger charge is 2.22. The first-order valence-corrected chi connectivity index (χ1v) is 7.70. The third kappa shape index (κ3) is 3.31. The Bertz CT molecular complexity index is 493. The van der Waals surface area contributed by atoms with Crippen LogP contribution in [0, 0.1) is 0 Å². The number of ether oxygens (including phenoxy) is 1. The van der Waals surface area contributed by atoms with Crippen LogP contribution in [0.25, 0.3) is 0 Å². The molecule has 0 amide bonds. The fourth-order valence-electron chi connectivity index (χ4n) is 2.30. The molecule has 0 radical (unpaired) electrons. The van der Waals surface area contributed by atoms with Crippen molar-refractivity contribution in [1.29, 1.82) is 0 Å². The van der Waals surface area contributed by atoms with Crippen LogP contribution in [0.1, 0.15) is 31.2 Å². The monoisotopic (exact) mass is 269 g/mol. The van der Waals surface area contributed by atoms with Crippen molar-refractivity contribution < 1.29 is 13.2 Å². The average molecular weight is 269 g/mol. The molecule has 0 aliphatic heterocycles. The SMILES string of the molecule is COCc1cccc(S(=O)(=O)NC2CCCC2)c1. The lowest BCUT2D eigenvalue weighted by Gasteiger charge is -2.13. The predicted octanol–water partition coefficient (Wildman–Crippen LogP) is 2.05. The van der Waals surface area contributed by atoms with Crippen LogP contribution < -0.4 is 4.72 Å². The first-order chi connectivity index (χ1) is 8.62. The first-order valence-electron chi connectivity index (χ1n) is 6.22. The molecule has 1 aliphatic carbocycles. The molecule has 18 heavy (non-hydrogen) atoms. The van der Waals surface area contributed by atoms with Crippen LogP contribution in [0.4, 0.5) is 0 Å². The van der Waals surface area contributed by atoms with Crippen LogP contribution in [-0.2, 0) is 21.4 Å². The van der Waals surface area contributed by atoms with Gasteiger partial charge in [-0.15, -0.1) is 0 Å². The highest BCUT2D eigenvalue weighted by Crippen LogP contribution is 2.20. The van der Waals surface area contributed by atoms with Crippen molar-refractivity contribution in [1.82, 2.24) is 4.72 Å². The molecule has 1 aromatic rings. The highest BCUT2D eigenvalue weighted by atomic mass is 32.2. The fourth-order valence-corrected chi connectivity index (χ4v) is 3.68. The molecular formula is C13H19NO3S. The minimum absolute atomic E-state index is 0.0982. The zero-order valence-corrected chi connectivity index (χ0v) is 11.4.